The van der Waals surface area contributed by atoms with Gasteiger partial charge in [-0.15, -0.1) is 83.5 Å². The van der Waals surface area contributed by atoms with E-state index >= 15 is 0 Å². The fourth-order valence-corrected chi connectivity index (χ4v) is 5.65. The van der Waals surface area contributed by atoms with Crippen molar-refractivity contribution < 1.29 is 25.8 Å². The third-order valence-corrected chi connectivity index (χ3v) is 7.61. The van der Waals surface area contributed by atoms with Crippen LogP contribution in [0.1, 0.15) is 11.1 Å². The van der Waals surface area contributed by atoms with Crippen molar-refractivity contribution in [2.24, 2.45) is 0 Å². The molecule has 6 aromatic rings. The molecule has 0 nitrogen and oxygen atoms in total. The molecule has 1 atom stereocenters. The van der Waals surface area contributed by atoms with Crippen LogP contribution in [-0.4, -0.2) is 0 Å². The second-order valence-electron chi connectivity index (χ2n) is 8.48. The van der Waals surface area contributed by atoms with Gasteiger partial charge in [-0.2, -0.15) is 12.1 Å². The van der Waals surface area contributed by atoms with Gasteiger partial charge in [0.25, 0.3) is 0 Å². The SMILES string of the molecule is Cc1cc2c(-c3ccccc3)cccc2[cH-]1.Cc1ccccc1P[c-]1ccc2ccccc21.[Hf+4]. The van der Waals surface area contributed by atoms with Gasteiger partial charge in [-0.05, 0) is 23.4 Å². The Kier molecular flexibility index (Phi) is 8.09. The summed E-state index contributed by atoms with van der Waals surface area (Å²) < 4.78 is 0. The maximum Gasteiger partial charge on any atom is 4.00 e. The summed E-state index contributed by atoms with van der Waals surface area (Å²) in [6.07, 6.45) is 0. The summed E-state index contributed by atoms with van der Waals surface area (Å²) in [5.41, 5.74) is 5.33. The maximum atomic E-state index is 2.26. The normalized spacial score (nSPS) is 10.9. The summed E-state index contributed by atoms with van der Waals surface area (Å²) in [5, 5.41) is 8.33. The molecule has 1 unspecified atom stereocenters. The predicted molar refractivity (Wildman–Crippen MR) is 148 cm³/mol. The standard InChI is InChI=1S/C16H14P.C16H13.Hf/c1-12-6-2-5-9-15(12)17-16-11-10-13-7-3-4-8-14(13)16;1-12-10-14-8-5-9-15(16(14)11-12)13-6-3-2-4-7-13;/h2-11,17H,1H3;2-11H,1H3;/q2*-1;+4. The minimum Gasteiger partial charge on any atom is -0.168 e. The Labute approximate surface area is 223 Å². The van der Waals surface area contributed by atoms with Gasteiger partial charge in [-0.25, -0.2) is 0 Å². The van der Waals surface area contributed by atoms with Gasteiger partial charge in [0.15, 0.2) is 0 Å². The van der Waals surface area contributed by atoms with Crippen LogP contribution in [0.25, 0.3) is 32.7 Å². The second-order valence-corrected chi connectivity index (χ2v) is 9.81. The minimum absolute atomic E-state index is 0. The van der Waals surface area contributed by atoms with Crippen LogP contribution in [0.4, 0.5) is 0 Å². The molecular formula is C32H27HfP+2. The van der Waals surface area contributed by atoms with E-state index in [1.165, 1.54) is 54.4 Å². The number of hydrogen-bond donors (Lipinski definition) is 0. The zero-order chi connectivity index (χ0) is 22.6. The van der Waals surface area contributed by atoms with Crippen molar-refractivity contribution in [1.29, 1.82) is 0 Å². The van der Waals surface area contributed by atoms with Gasteiger partial charge in [0.2, 0.25) is 0 Å². The Hall–Kier alpha value is -2.60. The Balaban J connectivity index is 0.000000157. The van der Waals surface area contributed by atoms with Gasteiger partial charge in [0.05, 0.1) is 0 Å². The fourth-order valence-electron chi connectivity index (χ4n) is 4.37. The number of fused-ring (bicyclic) bond motifs is 2. The molecule has 0 aliphatic carbocycles. The first-order valence-electron chi connectivity index (χ1n) is 11.4. The van der Waals surface area contributed by atoms with Crippen molar-refractivity contribution in [2.75, 3.05) is 0 Å². The van der Waals surface area contributed by atoms with Crippen LogP contribution in [0.5, 0.6) is 0 Å². The van der Waals surface area contributed by atoms with Crippen molar-refractivity contribution in [3.8, 4) is 11.1 Å². The number of aryl methyl sites for hydroxylation is 2. The summed E-state index contributed by atoms with van der Waals surface area (Å²) in [5.74, 6) is 0. The molecule has 0 saturated carbocycles. The molecule has 0 saturated heterocycles. The van der Waals surface area contributed by atoms with E-state index in [-0.39, 0.29) is 25.8 Å². The van der Waals surface area contributed by atoms with Gasteiger partial charge in [-0.3, -0.25) is 0 Å². The molecule has 6 aromatic carbocycles. The Morgan fingerprint density at radius 2 is 1.44 bits per heavy atom. The predicted octanol–water partition coefficient (Wildman–Crippen LogP) is 8.03. The Morgan fingerprint density at radius 1 is 0.706 bits per heavy atom. The first-order valence-corrected chi connectivity index (χ1v) is 12.4. The van der Waals surface area contributed by atoms with Crippen LogP contribution < -0.4 is 10.6 Å². The Morgan fingerprint density at radius 3 is 2.26 bits per heavy atom. The van der Waals surface area contributed by atoms with Crippen LogP contribution in [-0.2, 0) is 25.8 Å². The van der Waals surface area contributed by atoms with Crippen LogP contribution in [0, 0.1) is 13.8 Å². The average Bonchev–Trinajstić information content (AvgIpc) is 3.44. The zero-order valence-corrected chi connectivity index (χ0v) is 24.1. The largest absolute Gasteiger partial charge is 4.00 e. The number of rotatable bonds is 3. The molecule has 0 heterocycles. The fraction of sp³-hybridized carbons (Fsp3) is 0.0625. The molecule has 6 rings (SSSR count). The van der Waals surface area contributed by atoms with Crippen LogP contribution in [0.15, 0.2) is 121 Å². The van der Waals surface area contributed by atoms with Crippen LogP contribution in [0.3, 0.4) is 0 Å². The van der Waals surface area contributed by atoms with E-state index in [2.05, 4.69) is 135 Å². The molecule has 0 spiro atoms. The van der Waals surface area contributed by atoms with E-state index in [9.17, 15) is 0 Å². The van der Waals surface area contributed by atoms with Crippen molar-refractivity contribution in [1.82, 2.24) is 0 Å². The average molecular weight is 621 g/mol. The van der Waals surface area contributed by atoms with Gasteiger partial charge >= 0.3 is 25.8 Å². The van der Waals surface area contributed by atoms with Crippen molar-refractivity contribution in [3.63, 3.8) is 0 Å². The van der Waals surface area contributed by atoms with Crippen molar-refractivity contribution in [2.45, 2.75) is 13.8 Å². The molecule has 34 heavy (non-hydrogen) atoms. The molecule has 0 aliphatic heterocycles. The molecule has 162 valence electrons. The molecule has 0 aliphatic rings. The molecular weight excluding hydrogens is 594 g/mol. The molecule has 0 radical (unpaired) electrons. The molecule has 0 amide bonds. The zero-order valence-electron chi connectivity index (χ0n) is 19.5. The van der Waals surface area contributed by atoms with Gasteiger partial charge < -0.3 is 0 Å². The third kappa shape index (κ3) is 5.38. The van der Waals surface area contributed by atoms with Gasteiger partial charge in [-0.1, -0.05) is 79.2 Å². The molecule has 0 aromatic heterocycles. The van der Waals surface area contributed by atoms with Crippen LogP contribution >= 0.6 is 8.58 Å². The van der Waals surface area contributed by atoms with E-state index < -0.39 is 0 Å². The first kappa shape index (κ1) is 24.5. The van der Waals surface area contributed by atoms with Gasteiger partial charge in [0, 0.05) is 0 Å². The summed E-state index contributed by atoms with van der Waals surface area (Å²) >= 11 is 0. The molecule has 0 N–H and O–H groups in total. The summed E-state index contributed by atoms with van der Waals surface area (Å²) in [4.78, 5) is 0. The summed E-state index contributed by atoms with van der Waals surface area (Å²) in [6.45, 7) is 4.34. The second kappa shape index (κ2) is 11.2. The Bertz CT molecular complexity index is 1500. The number of hydrogen-bond acceptors (Lipinski definition) is 0. The smallest absolute Gasteiger partial charge is 0.168 e. The van der Waals surface area contributed by atoms with Crippen molar-refractivity contribution >= 4 is 40.7 Å². The van der Waals surface area contributed by atoms with E-state index in [0.29, 0.717) is 0 Å². The van der Waals surface area contributed by atoms with E-state index in [1.807, 2.05) is 0 Å². The van der Waals surface area contributed by atoms with Crippen molar-refractivity contribution in [3.05, 3.63) is 132 Å². The quantitative estimate of drug-likeness (QED) is 0.107. The topological polar surface area (TPSA) is 0 Å². The number of benzene rings is 4. The van der Waals surface area contributed by atoms with Crippen LogP contribution in [0.2, 0.25) is 0 Å². The maximum absolute atomic E-state index is 2.26. The molecule has 0 bridgehead atoms. The molecule has 2 heteroatoms. The monoisotopic (exact) mass is 622 g/mol. The summed E-state index contributed by atoms with van der Waals surface area (Å²) in [7, 11) is 0.754. The third-order valence-electron chi connectivity index (χ3n) is 6.07. The van der Waals surface area contributed by atoms with E-state index in [1.54, 1.807) is 0 Å². The first-order chi connectivity index (χ1) is 16.2. The minimum atomic E-state index is 0. The summed E-state index contributed by atoms with van der Waals surface area (Å²) in [6, 6.07) is 43.3. The molecule has 0 fully saturated rings. The van der Waals surface area contributed by atoms with Gasteiger partial charge in [0.1, 0.15) is 0 Å². The van der Waals surface area contributed by atoms with E-state index in [4.69, 9.17) is 0 Å². The van der Waals surface area contributed by atoms with E-state index in [0.717, 1.165) is 8.58 Å².